The summed E-state index contributed by atoms with van der Waals surface area (Å²) in [6.45, 7) is 4.08. The highest BCUT2D eigenvalue weighted by Crippen LogP contribution is 2.35. The van der Waals surface area contributed by atoms with Gasteiger partial charge in [-0.2, -0.15) is 0 Å². The molecule has 82 valence electrons. The molecule has 1 amide bonds. The molecule has 0 bridgehead atoms. The van der Waals surface area contributed by atoms with Gasteiger partial charge in [0, 0.05) is 23.4 Å². The lowest BCUT2D eigenvalue weighted by atomic mass is 10.1. The average Bonchev–Trinajstić information content (AvgIpc) is 2.71. The van der Waals surface area contributed by atoms with Crippen LogP contribution in [0.1, 0.15) is 31.2 Å². The predicted molar refractivity (Wildman–Crippen MR) is 61.6 cm³/mol. The topological polar surface area (TPSA) is 46.3 Å². The second-order valence-electron chi connectivity index (χ2n) is 4.22. The molecule has 2 atom stereocenters. The summed E-state index contributed by atoms with van der Waals surface area (Å²) in [6.07, 6.45) is 0.473. The van der Waals surface area contributed by atoms with Crippen molar-refractivity contribution in [3.05, 3.63) is 22.4 Å². The van der Waals surface area contributed by atoms with E-state index in [0.717, 1.165) is 0 Å². The number of carbonyl (C=O) groups is 1. The highest BCUT2D eigenvalue weighted by molar-refractivity contribution is 7.10. The van der Waals surface area contributed by atoms with Crippen LogP contribution in [0.5, 0.6) is 0 Å². The van der Waals surface area contributed by atoms with Crippen molar-refractivity contribution in [1.82, 2.24) is 4.90 Å². The molecule has 0 spiro atoms. The maximum absolute atomic E-state index is 11.8. The van der Waals surface area contributed by atoms with Crippen molar-refractivity contribution in [1.29, 1.82) is 0 Å². The Balaban J connectivity index is 2.32. The van der Waals surface area contributed by atoms with E-state index in [-0.39, 0.29) is 24.0 Å². The molecule has 0 radical (unpaired) electrons. The Morgan fingerprint density at radius 1 is 1.60 bits per heavy atom. The minimum absolute atomic E-state index is 0.0569. The Bertz CT molecular complexity index is 347. The molecule has 0 aliphatic carbocycles. The summed E-state index contributed by atoms with van der Waals surface area (Å²) in [5.74, 6) is 0.177. The largest absolute Gasteiger partial charge is 0.331 e. The number of hydrogen-bond acceptors (Lipinski definition) is 3. The van der Waals surface area contributed by atoms with E-state index in [0.29, 0.717) is 6.42 Å². The van der Waals surface area contributed by atoms with Gasteiger partial charge in [0.2, 0.25) is 5.91 Å². The predicted octanol–water partition coefficient (Wildman–Crippen LogP) is 1.76. The molecule has 1 aromatic heterocycles. The molecule has 1 aliphatic heterocycles. The highest BCUT2D eigenvalue weighted by Gasteiger charge is 2.40. The van der Waals surface area contributed by atoms with Gasteiger partial charge in [-0.05, 0) is 25.3 Å². The Morgan fingerprint density at radius 3 is 2.87 bits per heavy atom. The molecule has 1 fully saturated rings. The van der Waals surface area contributed by atoms with Crippen molar-refractivity contribution in [3.8, 4) is 0 Å². The van der Waals surface area contributed by atoms with Crippen LogP contribution in [0.3, 0.4) is 0 Å². The van der Waals surface area contributed by atoms with Crippen LogP contribution in [0, 0.1) is 0 Å². The van der Waals surface area contributed by atoms with Crippen LogP contribution < -0.4 is 5.73 Å². The monoisotopic (exact) mass is 224 g/mol. The van der Waals surface area contributed by atoms with E-state index in [9.17, 15) is 4.79 Å². The maximum atomic E-state index is 11.8. The van der Waals surface area contributed by atoms with Gasteiger partial charge in [-0.15, -0.1) is 11.3 Å². The standard InChI is InChI=1S/C11H16N2OS/c1-7(2)13-10(14)6-8(12)11(13)9-4-3-5-15-9/h3-5,7-8,11H,6,12H2,1-2H3/t8-,11-/m0/s1. The number of nitrogens with two attached hydrogens (primary N) is 1. The fraction of sp³-hybridized carbons (Fsp3) is 0.545. The van der Waals surface area contributed by atoms with E-state index >= 15 is 0 Å². The number of carbonyl (C=O) groups excluding carboxylic acids is 1. The van der Waals surface area contributed by atoms with E-state index in [1.807, 2.05) is 30.2 Å². The normalized spacial score (nSPS) is 26.7. The van der Waals surface area contributed by atoms with Gasteiger partial charge < -0.3 is 10.6 Å². The third-order valence-electron chi connectivity index (χ3n) is 2.79. The zero-order valence-electron chi connectivity index (χ0n) is 9.01. The fourth-order valence-electron chi connectivity index (χ4n) is 2.20. The molecule has 0 aromatic carbocycles. The van der Waals surface area contributed by atoms with Gasteiger partial charge in [0.05, 0.1) is 6.04 Å². The van der Waals surface area contributed by atoms with Gasteiger partial charge in [-0.3, -0.25) is 4.79 Å². The molecule has 2 heterocycles. The van der Waals surface area contributed by atoms with Crippen LogP contribution in [0.4, 0.5) is 0 Å². The minimum Gasteiger partial charge on any atom is -0.331 e. The number of nitrogens with zero attached hydrogens (tertiary/aromatic N) is 1. The van der Waals surface area contributed by atoms with Gasteiger partial charge in [0.1, 0.15) is 0 Å². The van der Waals surface area contributed by atoms with Crippen LogP contribution in [-0.2, 0) is 4.79 Å². The number of likely N-dealkylation sites (tertiary alicyclic amines) is 1. The molecule has 0 saturated carbocycles. The number of amides is 1. The highest BCUT2D eigenvalue weighted by atomic mass is 32.1. The van der Waals surface area contributed by atoms with Crippen LogP contribution in [0.25, 0.3) is 0 Å². The summed E-state index contributed by atoms with van der Waals surface area (Å²) in [4.78, 5) is 14.9. The van der Waals surface area contributed by atoms with Crippen LogP contribution >= 0.6 is 11.3 Å². The quantitative estimate of drug-likeness (QED) is 0.832. The van der Waals surface area contributed by atoms with Crippen molar-refractivity contribution in [2.45, 2.75) is 38.4 Å². The first-order chi connectivity index (χ1) is 7.11. The maximum Gasteiger partial charge on any atom is 0.225 e. The third kappa shape index (κ3) is 1.79. The smallest absolute Gasteiger partial charge is 0.225 e. The summed E-state index contributed by atoms with van der Waals surface area (Å²) >= 11 is 1.67. The molecule has 2 N–H and O–H groups in total. The molecule has 0 unspecified atom stereocenters. The second kappa shape index (κ2) is 3.94. The Labute approximate surface area is 93.9 Å². The van der Waals surface area contributed by atoms with Crippen molar-refractivity contribution >= 4 is 17.2 Å². The molecule has 15 heavy (non-hydrogen) atoms. The van der Waals surface area contributed by atoms with Crippen molar-refractivity contribution < 1.29 is 4.79 Å². The molecule has 4 heteroatoms. The second-order valence-corrected chi connectivity index (χ2v) is 5.20. The summed E-state index contributed by atoms with van der Waals surface area (Å²) in [5.41, 5.74) is 6.03. The Hall–Kier alpha value is -0.870. The molecule has 1 aliphatic rings. The molecule has 2 rings (SSSR count). The summed E-state index contributed by atoms with van der Waals surface area (Å²) in [7, 11) is 0. The first-order valence-corrected chi connectivity index (χ1v) is 6.09. The molecule has 1 saturated heterocycles. The molecular formula is C11H16N2OS. The fourth-order valence-corrected chi connectivity index (χ4v) is 3.10. The van der Waals surface area contributed by atoms with Crippen LogP contribution in [-0.4, -0.2) is 22.9 Å². The zero-order valence-corrected chi connectivity index (χ0v) is 9.83. The Morgan fingerprint density at radius 2 is 2.33 bits per heavy atom. The van der Waals surface area contributed by atoms with Gasteiger partial charge in [0.15, 0.2) is 0 Å². The van der Waals surface area contributed by atoms with Crippen molar-refractivity contribution in [3.63, 3.8) is 0 Å². The first kappa shape index (κ1) is 10.6. The van der Waals surface area contributed by atoms with Crippen LogP contribution in [0.15, 0.2) is 17.5 Å². The van der Waals surface area contributed by atoms with E-state index < -0.39 is 0 Å². The summed E-state index contributed by atoms with van der Waals surface area (Å²) in [6, 6.07) is 4.31. The van der Waals surface area contributed by atoms with E-state index in [1.54, 1.807) is 11.3 Å². The lowest BCUT2D eigenvalue weighted by Gasteiger charge is -2.29. The lowest BCUT2D eigenvalue weighted by Crippen LogP contribution is -2.37. The Kier molecular flexibility index (Phi) is 2.80. The summed E-state index contributed by atoms with van der Waals surface area (Å²) < 4.78 is 0. The average molecular weight is 224 g/mol. The lowest BCUT2D eigenvalue weighted by molar-refractivity contribution is -0.130. The van der Waals surface area contributed by atoms with Crippen molar-refractivity contribution in [2.24, 2.45) is 5.73 Å². The van der Waals surface area contributed by atoms with E-state index in [2.05, 4.69) is 6.07 Å². The SMILES string of the molecule is CC(C)N1C(=O)C[C@H](N)[C@H]1c1cccs1. The van der Waals surface area contributed by atoms with Crippen molar-refractivity contribution in [2.75, 3.05) is 0 Å². The van der Waals surface area contributed by atoms with Crippen LogP contribution in [0.2, 0.25) is 0 Å². The minimum atomic E-state index is -0.0569. The zero-order chi connectivity index (χ0) is 11.0. The van der Waals surface area contributed by atoms with Gasteiger partial charge >= 0.3 is 0 Å². The molecule has 3 nitrogen and oxygen atoms in total. The number of hydrogen-bond donors (Lipinski definition) is 1. The van der Waals surface area contributed by atoms with Gasteiger partial charge in [-0.25, -0.2) is 0 Å². The summed E-state index contributed by atoms with van der Waals surface area (Å²) in [5, 5.41) is 2.03. The van der Waals surface area contributed by atoms with E-state index in [1.165, 1.54) is 4.88 Å². The van der Waals surface area contributed by atoms with Gasteiger partial charge in [-0.1, -0.05) is 6.07 Å². The molecule has 1 aromatic rings. The number of thiophene rings is 1. The van der Waals surface area contributed by atoms with E-state index in [4.69, 9.17) is 5.73 Å². The molecular weight excluding hydrogens is 208 g/mol. The van der Waals surface area contributed by atoms with Gasteiger partial charge in [0.25, 0.3) is 0 Å². The third-order valence-corrected chi connectivity index (χ3v) is 3.74. The number of rotatable bonds is 2. The first-order valence-electron chi connectivity index (χ1n) is 5.21.